The number of unbranched alkanes of at least 4 members (excludes halogenated alkanes) is 2. The van der Waals surface area contributed by atoms with Crippen LogP contribution in [0.2, 0.25) is 5.02 Å². The van der Waals surface area contributed by atoms with E-state index in [0.717, 1.165) is 19.3 Å². The third-order valence-corrected chi connectivity index (χ3v) is 5.02. The SMILES string of the molecule is CCCCCc1cc(F)c(C#Cc2ccc(N=Nc3ccc(C#N)cc3Cl)cc2)c(F)c1. The van der Waals surface area contributed by atoms with Crippen molar-refractivity contribution in [2.45, 2.75) is 32.6 Å². The Bertz CT molecular complexity index is 1210. The summed E-state index contributed by atoms with van der Waals surface area (Å²) in [7, 11) is 0. The molecule has 0 unspecified atom stereocenters. The van der Waals surface area contributed by atoms with Gasteiger partial charge in [-0.2, -0.15) is 10.4 Å². The quantitative estimate of drug-likeness (QED) is 0.214. The fourth-order valence-electron chi connectivity index (χ4n) is 2.98. The summed E-state index contributed by atoms with van der Waals surface area (Å²) in [5.74, 6) is 4.08. The molecule has 0 aliphatic rings. The summed E-state index contributed by atoms with van der Waals surface area (Å²) < 4.78 is 28.7. The van der Waals surface area contributed by atoms with Crippen LogP contribution >= 0.6 is 11.6 Å². The summed E-state index contributed by atoms with van der Waals surface area (Å²) >= 11 is 6.08. The minimum Gasteiger partial charge on any atom is -0.206 e. The van der Waals surface area contributed by atoms with E-state index in [4.69, 9.17) is 16.9 Å². The Morgan fingerprint density at radius 2 is 1.56 bits per heavy atom. The van der Waals surface area contributed by atoms with E-state index in [1.165, 1.54) is 18.2 Å². The van der Waals surface area contributed by atoms with Crippen molar-refractivity contribution >= 4 is 23.0 Å². The molecule has 0 fully saturated rings. The van der Waals surface area contributed by atoms with Crippen LogP contribution < -0.4 is 0 Å². The molecule has 0 aromatic heterocycles. The van der Waals surface area contributed by atoms with Gasteiger partial charge in [-0.1, -0.05) is 43.2 Å². The molecule has 0 atom stereocenters. The average molecular weight is 448 g/mol. The molecule has 6 heteroatoms. The van der Waals surface area contributed by atoms with Crippen molar-refractivity contribution < 1.29 is 8.78 Å². The fraction of sp³-hybridized carbons (Fsp3) is 0.192. The van der Waals surface area contributed by atoms with Crippen molar-refractivity contribution in [1.82, 2.24) is 0 Å². The zero-order chi connectivity index (χ0) is 22.9. The first kappa shape index (κ1) is 23.1. The number of azo groups is 1. The first-order valence-corrected chi connectivity index (χ1v) is 10.6. The second-order valence-electron chi connectivity index (χ2n) is 7.17. The summed E-state index contributed by atoms with van der Waals surface area (Å²) in [6.07, 6.45) is 3.64. The van der Waals surface area contributed by atoms with E-state index in [9.17, 15) is 8.78 Å². The lowest BCUT2D eigenvalue weighted by Crippen LogP contribution is -1.95. The molecular weight excluding hydrogens is 428 g/mol. The molecule has 3 nitrogen and oxygen atoms in total. The van der Waals surface area contributed by atoms with Gasteiger partial charge in [-0.15, -0.1) is 5.11 Å². The van der Waals surface area contributed by atoms with E-state index < -0.39 is 11.6 Å². The molecule has 3 aromatic rings. The van der Waals surface area contributed by atoms with Crippen LogP contribution in [0.15, 0.2) is 64.8 Å². The van der Waals surface area contributed by atoms with Crippen LogP contribution in [-0.2, 0) is 6.42 Å². The maximum Gasteiger partial charge on any atom is 0.142 e. The van der Waals surface area contributed by atoms with Gasteiger partial charge in [0.05, 0.1) is 27.9 Å². The van der Waals surface area contributed by atoms with Crippen molar-refractivity contribution in [1.29, 1.82) is 5.26 Å². The van der Waals surface area contributed by atoms with Gasteiger partial charge in [0.2, 0.25) is 0 Å². The summed E-state index contributed by atoms with van der Waals surface area (Å²) in [6.45, 7) is 2.08. The van der Waals surface area contributed by atoms with E-state index in [1.54, 1.807) is 36.4 Å². The molecule has 0 aliphatic heterocycles. The zero-order valence-corrected chi connectivity index (χ0v) is 18.3. The maximum absolute atomic E-state index is 14.3. The Morgan fingerprint density at radius 1 is 0.875 bits per heavy atom. The molecule has 0 bridgehead atoms. The van der Waals surface area contributed by atoms with E-state index in [-0.39, 0.29) is 5.56 Å². The van der Waals surface area contributed by atoms with Gasteiger partial charge in [0.1, 0.15) is 17.3 Å². The lowest BCUT2D eigenvalue weighted by atomic mass is 10.0. The van der Waals surface area contributed by atoms with Gasteiger partial charge < -0.3 is 0 Å². The average Bonchev–Trinajstić information content (AvgIpc) is 2.78. The highest BCUT2D eigenvalue weighted by molar-refractivity contribution is 6.33. The van der Waals surface area contributed by atoms with E-state index in [0.29, 0.717) is 39.5 Å². The molecule has 0 saturated heterocycles. The molecule has 0 radical (unpaired) electrons. The van der Waals surface area contributed by atoms with Crippen LogP contribution in [0, 0.1) is 34.8 Å². The third kappa shape index (κ3) is 6.23. The van der Waals surface area contributed by atoms with Crippen molar-refractivity contribution in [2.75, 3.05) is 0 Å². The second kappa shape index (κ2) is 11.2. The van der Waals surface area contributed by atoms with Crippen LogP contribution in [0.4, 0.5) is 20.2 Å². The first-order chi connectivity index (χ1) is 15.5. The minimum absolute atomic E-state index is 0.233. The van der Waals surface area contributed by atoms with Crippen LogP contribution in [0.3, 0.4) is 0 Å². The van der Waals surface area contributed by atoms with E-state index >= 15 is 0 Å². The highest BCUT2D eigenvalue weighted by Crippen LogP contribution is 2.27. The standard InChI is InChI=1S/C26H20ClF2N3/c1-2-3-4-5-19-15-24(28)22(25(29)16-19)12-8-18-6-10-21(11-7-18)31-32-26-13-9-20(17-30)14-23(26)27/h6-7,9-11,13-16H,2-5H2,1H3. The van der Waals surface area contributed by atoms with Gasteiger partial charge in [-0.05, 0) is 73.0 Å². The molecule has 3 rings (SSSR count). The summed E-state index contributed by atoms with van der Waals surface area (Å²) in [5.41, 5.74) is 2.45. The number of aryl methyl sites for hydroxylation is 1. The predicted molar refractivity (Wildman–Crippen MR) is 122 cm³/mol. The Labute approximate surface area is 191 Å². The Kier molecular flexibility index (Phi) is 8.08. The maximum atomic E-state index is 14.3. The Morgan fingerprint density at radius 3 is 2.19 bits per heavy atom. The van der Waals surface area contributed by atoms with Crippen molar-refractivity contribution in [3.63, 3.8) is 0 Å². The normalized spacial score (nSPS) is 10.6. The summed E-state index contributed by atoms with van der Waals surface area (Å²) in [5, 5.41) is 17.4. The number of hydrogen-bond acceptors (Lipinski definition) is 3. The summed E-state index contributed by atoms with van der Waals surface area (Å²) in [6, 6.07) is 16.2. The van der Waals surface area contributed by atoms with Gasteiger partial charge in [-0.3, -0.25) is 0 Å². The zero-order valence-electron chi connectivity index (χ0n) is 17.5. The van der Waals surface area contributed by atoms with Crippen LogP contribution in [0.25, 0.3) is 0 Å². The molecule has 3 aromatic carbocycles. The Hall–Kier alpha value is -3.54. The van der Waals surface area contributed by atoms with Crippen LogP contribution in [0.1, 0.15) is 48.4 Å². The topological polar surface area (TPSA) is 48.5 Å². The molecule has 0 amide bonds. The first-order valence-electron chi connectivity index (χ1n) is 10.2. The largest absolute Gasteiger partial charge is 0.206 e. The van der Waals surface area contributed by atoms with E-state index in [2.05, 4.69) is 29.0 Å². The molecule has 0 heterocycles. The molecule has 0 saturated carbocycles. The molecule has 0 spiro atoms. The molecular formula is C26H20ClF2N3. The van der Waals surface area contributed by atoms with Gasteiger partial charge in [-0.25, -0.2) is 8.78 Å². The highest BCUT2D eigenvalue weighted by Gasteiger charge is 2.09. The van der Waals surface area contributed by atoms with E-state index in [1.807, 2.05) is 6.07 Å². The number of nitriles is 1. The number of benzene rings is 3. The minimum atomic E-state index is -0.645. The number of nitrogens with zero attached hydrogens (tertiary/aromatic N) is 3. The van der Waals surface area contributed by atoms with Crippen molar-refractivity contribution in [3.8, 4) is 17.9 Å². The van der Waals surface area contributed by atoms with Crippen molar-refractivity contribution in [2.24, 2.45) is 10.2 Å². The smallest absolute Gasteiger partial charge is 0.142 e. The number of halogens is 3. The fourth-order valence-corrected chi connectivity index (χ4v) is 3.20. The van der Waals surface area contributed by atoms with Gasteiger partial charge >= 0.3 is 0 Å². The lowest BCUT2D eigenvalue weighted by Gasteiger charge is -2.04. The van der Waals surface area contributed by atoms with Gasteiger partial charge in [0.15, 0.2) is 0 Å². The number of rotatable bonds is 6. The van der Waals surface area contributed by atoms with Crippen molar-refractivity contribution in [3.05, 3.63) is 93.5 Å². The third-order valence-electron chi connectivity index (χ3n) is 4.72. The lowest BCUT2D eigenvalue weighted by molar-refractivity contribution is 0.572. The molecule has 0 N–H and O–H groups in total. The number of hydrogen-bond donors (Lipinski definition) is 0. The highest BCUT2D eigenvalue weighted by atomic mass is 35.5. The molecule has 32 heavy (non-hydrogen) atoms. The predicted octanol–water partition coefficient (Wildman–Crippen LogP) is 8.04. The molecule has 0 aliphatic carbocycles. The Balaban J connectivity index is 1.71. The van der Waals surface area contributed by atoms with Gasteiger partial charge in [0, 0.05) is 5.56 Å². The van der Waals surface area contributed by atoms with Gasteiger partial charge in [0.25, 0.3) is 0 Å². The van der Waals surface area contributed by atoms with Crippen LogP contribution in [-0.4, -0.2) is 0 Å². The second-order valence-corrected chi connectivity index (χ2v) is 7.57. The molecule has 160 valence electrons. The summed E-state index contributed by atoms with van der Waals surface area (Å²) in [4.78, 5) is 0. The monoisotopic (exact) mass is 447 g/mol. The van der Waals surface area contributed by atoms with Crippen LogP contribution in [0.5, 0.6) is 0 Å².